The van der Waals surface area contributed by atoms with Crippen molar-refractivity contribution in [3.63, 3.8) is 0 Å². The molecule has 0 spiro atoms. The van der Waals surface area contributed by atoms with Crippen molar-refractivity contribution in [3.8, 4) is 5.75 Å². The number of rotatable bonds is 4. The van der Waals surface area contributed by atoms with E-state index < -0.39 is 12.2 Å². The molecule has 116 valence electrons. The number of benzene rings is 1. The molecule has 1 N–H and O–H groups in total. The fraction of sp³-hybridized carbons (Fsp3) is 0.267. The van der Waals surface area contributed by atoms with Crippen LogP contribution in [0, 0.1) is 0 Å². The van der Waals surface area contributed by atoms with Gasteiger partial charge in [0, 0.05) is 5.39 Å². The van der Waals surface area contributed by atoms with Gasteiger partial charge in [-0.25, -0.2) is 4.79 Å². The van der Waals surface area contributed by atoms with Crippen molar-refractivity contribution < 1.29 is 23.4 Å². The van der Waals surface area contributed by atoms with Crippen molar-refractivity contribution in [2.75, 3.05) is 13.7 Å². The van der Waals surface area contributed by atoms with E-state index in [4.69, 9.17) is 18.6 Å². The molecule has 1 aliphatic rings. The molecule has 0 saturated carbocycles. The average molecular weight is 368 g/mol. The van der Waals surface area contributed by atoms with E-state index in [1.54, 1.807) is 14.0 Å². The van der Waals surface area contributed by atoms with Crippen molar-refractivity contribution in [2.24, 2.45) is 0 Å². The van der Waals surface area contributed by atoms with Crippen LogP contribution in [0.25, 0.3) is 11.0 Å². The Labute approximate surface area is 135 Å². The third kappa shape index (κ3) is 2.64. The standard InChI is InChI=1S/C15H14BrNO5/c1-3-20-15(18)13-7-17-14(22-13)12-5-8-4-11(19-2)9(16)6-10(8)21-12/h4-7,14,17H,3H2,1-2H3. The Hall–Kier alpha value is -2.15. The predicted octanol–water partition coefficient (Wildman–Crippen LogP) is 3.23. The Morgan fingerprint density at radius 2 is 2.23 bits per heavy atom. The first-order chi connectivity index (χ1) is 10.6. The Kier molecular flexibility index (Phi) is 3.98. The van der Waals surface area contributed by atoms with Crippen LogP contribution >= 0.6 is 15.9 Å². The van der Waals surface area contributed by atoms with Gasteiger partial charge in [-0.3, -0.25) is 0 Å². The largest absolute Gasteiger partial charge is 0.496 e. The molecule has 1 unspecified atom stereocenters. The van der Waals surface area contributed by atoms with Crippen LogP contribution in [-0.4, -0.2) is 19.7 Å². The molecule has 2 heterocycles. The average Bonchev–Trinajstić information content (AvgIpc) is 3.12. The first kappa shape index (κ1) is 14.8. The highest BCUT2D eigenvalue weighted by atomic mass is 79.9. The Bertz CT molecular complexity index is 752. The second-order valence-corrected chi connectivity index (χ2v) is 5.42. The number of hydrogen-bond donors (Lipinski definition) is 1. The fourth-order valence-electron chi connectivity index (χ4n) is 2.14. The molecule has 6 nitrogen and oxygen atoms in total. The van der Waals surface area contributed by atoms with Crippen molar-refractivity contribution >= 4 is 32.9 Å². The lowest BCUT2D eigenvalue weighted by Crippen LogP contribution is -2.12. The highest BCUT2D eigenvalue weighted by Gasteiger charge is 2.27. The molecule has 3 rings (SSSR count). The summed E-state index contributed by atoms with van der Waals surface area (Å²) in [5.74, 6) is 0.903. The van der Waals surface area contributed by atoms with Gasteiger partial charge in [0.1, 0.15) is 11.3 Å². The molecule has 0 bridgehead atoms. The summed E-state index contributed by atoms with van der Waals surface area (Å²) in [5, 5.41) is 3.82. The van der Waals surface area contributed by atoms with Crippen LogP contribution in [0.4, 0.5) is 0 Å². The van der Waals surface area contributed by atoms with E-state index in [-0.39, 0.29) is 5.76 Å². The highest BCUT2D eigenvalue weighted by Crippen LogP contribution is 2.34. The van der Waals surface area contributed by atoms with Crippen molar-refractivity contribution in [3.05, 3.63) is 40.4 Å². The summed E-state index contributed by atoms with van der Waals surface area (Å²) >= 11 is 3.41. The summed E-state index contributed by atoms with van der Waals surface area (Å²) < 4.78 is 22.2. The lowest BCUT2D eigenvalue weighted by atomic mass is 10.2. The number of carbonyl (C=O) groups is 1. The van der Waals surface area contributed by atoms with Gasteiger partial charge in [0.05, 0.1) is 24.4 Å². The minimum atomic E-state index is -0.559. The quantitative estimate of drug-likeness (QED) is 0.836. The van der Waals surface area contributed by atoms with E-state index in [1.165, 1.54) is 6.20 Å². The summed E-state index contributed by atoms with van der Waals surface area (Å²) in [6, 6.07) is 5.53. The summed E-state index contributed by atoms with van der Waals surface area (Å²) in [6.45, 7) is 2.03. The van der Waals surface area contributed by atoms with Gasteiger partial charge in [-0.2, -0.15) is 0 Å². The van der Waals surface area contributed by atoms with Gasteiger partial charge in [0.2, 0.25) is 12.0 Å². The molecule has 1 aromatic heterocycles. The third-order valence-electron chi connectivity index (χ3n) is 3.16. The number of fused-ring (bicyclic) bond motifs is 1. The first-order valence-electron chi connectivity index (χ1n) is 6.69. The topological polar surface area (TPSA) is 69.9 Å². The zero-order chi connectivity index (χ0) is 15.7. The van der Waals surface area contributed by atoms with Gasteiger partial charge in [0.15, 0.2) is 5.76 Å². The van der Waals surface area contributed by atoms with Gasteiger partial charge in [-0.15, -0.1) is 0 Å². The van der Waals surface area contributed by atoms with Crippen LogP contribution in [0.3, 0.4) is 0 Å². The lowest BCUT2D eigenvalue weighted by molar-refractivity contribution is -0.143. The normalized spacial score (nSPS) is 16.9. The highest BCUT2D eigenvalue weighted by molar-refractivity contribution is 9.10. The molecule has 1 aliphatic heterocycles. The van der Waals surface area contributed by atoms with E-state index >= 15 is 0 Å². The minimum absolute atomic E-state index is 0.131. The summed E-state index contributed by atoms with van der Waals surface area (Å²) in [7, 11) is 1.60. The maximum atomic E-state index is 11.6. The molecule has 0 aliphatic carbocycles. The number of esters is 1. The molecule has 7 heteroatoms. The van der Waals surface area contributed by atoms with Crippen LogP contribution in [0.15, 0.2) is 39.0 Å². The predicted molar refractivity (Wildman–Crippen MR) is 82.1 cm³/mol. The molecule has 22 heavy (non-hydrogen) atoms. The van der Waals surface area contributed by atoms with Crippen LogP contribution in [0.5, 0.6) is 5.75 Å². The molecule has 0 fully saturated rings. The molecule has 1 atom stereocenters. The van der Waals surface area contributed by atoms with Crippen LogP contribution in [0.1, 0.15) is 18.9 Å². The Morgan fingerprint density at radius 1 is 1.41 bits per heavy atom. The SMILES string of the molecule is CCOC(=O)C1=CNC(c2cc3cc(OC)c(Br)cc3o2)O1. The molecule has 0 radical (unpaired) electrons. The summed E-state index contributed by atoms with van der Waals surface area (Å²) in [4.78, 5) is 11.6. The van der Waals surface area contributed by atoms with Crippen LogP contribution in [0.2, 0.25) is 0 Å². The van der Waals surface area contributed by atoms with Crippen LogP contribution < -0.4 is 10.1 Å². The number of halogens is 1. The smallest absolute Gasteiger partial charge is 0.375 e. The number of ether oxygens (including phenoxy) is 3. The second-order valence-electron chi connectivity index (χ2n) is 4.57. The van der Waals surface area contributed by atoms with Crippen LogP contribution in [-0.2, 0) is 14.3 Å². The van der Waals surface area contributed by atoms with E-state index in [0.717, 1.165) is 9.86 Å². The lowest BCUT2D eigenvalue weighted by Gasteiger charge is -2.09. The number of furan rings is 1. The molecular formula is C15H14BrNO5. The first-order valence-corrected chi connectivity index (χ1v) is 7.48. The Balaban J connectivity index is 1.82. The van der Waals surface area contributed by atoms with Crippen molar-refractivity contribution in [1.82, 2.24) is 5.32 Å². The maximum Gasteiger partial charge on any atom is 0.375 e. The second kappa shape index (κ2) is 5.92. The summed E-state index contributed by atoms with van der Waals surface area (Å²) in [5.41, 5.74) is 0.692. The van der Waals surface area contributed by atoms with E-state index in [0.29, 0.717) is 23.7 Å². The number of carbonyl (C=O) groups excluding carboxylic acids is 1. The number of nitrogens with one attached hydrogen (secondary N) is 1. The molecule has 2 aromatic rings. The molecule has 1 aromatic carbocycles. The monoisotopic (exact) mass is 367 g/mol. The van der Waals surface area contributed by atoms with Gasteiger partial charge in [0.25, 0.3) is 0 Å². The van der Waals surface area contributed by atoms with Gasteiger partial charge < -0.3 is 23.9 Å². The van der Waals surface area contributed by atoms with Crippen molar-refractivity contribution in [1.29, 1.82) is 0 Å². The number of methoxy groups -OCH3 is 1. The zero-order valence-corrected chi connectivity index (χ0v) is 13.6. The third-order valence-corrected chi connectivity index (χ3v) is 3.78. The van der Waals surface area contributed by atoms with E-state index in [9.17, 15) is 4.79 Å². The minimum Gasteiger partial charge on any atom is -0.496 e. The van der Waals surface area contributed by atoms with E-state index in [1.807, 2.05) is 18.2 Å². The number of hydrogen-bond acceptors (Lipinski definition) is 6. The molecular weight excluding hydrogens is 354 g/mol. The van der Waals surface area contributed by atoms with Gasteiger partial charge >= 0.3 is 5.97 Å². The Morgan fingerprint density at radius 3 is 2.95 bits per heavy atom. The van der Waals surface area contributed by atoms with Gasteiger partial charge in [-0.05, 0) is 41.1 Å². The fourth-order valence-corrected chi connectivity index (χ4v) is 2.63. The van der Waals surface area contributed by atoms with Gasteiger partial charge in [-0.1, -0.05) is 0 Å². The van der Waals surface area contributed by atoms with E-state index in [2.05, 4.69) is 21.2 Å². The van der Waals surface area contributed by atoms with Crippen molar-refractivity contribution in [2.45, 2.75) is 13.2 Å². The summed E-state index contributed by atoms with van der Waals surface area (Å²) in [6.07, 6.45) is 0.920. The maximum absolute atomic E-state index is 11.6. The molecule has 0 amide bonds. The zero-order valence-electron chi connectivity index (χ0n) is 12.0. The molecule has 0 saturated heterocycles.